The van der Waals surface area contributed by atoms with Gasteiger partial charge in [-0.05, 0) is 42.2 Å². The van der Waals surface area contributed by atoms with Gasteiger partial charge < -0.3 is 11.1 Å². The van der Waals surface area contributed by atoms with Crippen molar-refractivity contribution in [3.8, 4) is 0 Å². The zero-order valence-electron chi connectivity index (χ0n) is 20.8. The van der Waals surface area contributed by atoms with Gasteiger partial charge in [0.2, 0.25) is 0 Å². The minimum absolute atomic E-state index is 0.557. The van der Waals surface area contributed by atoms with Crippen LogP contribution < -0.4 is 5.73 Å². The van der Waals surface area contributed by atoms with Gasteiger partial charge in [-0.3, -0.25) is 0 Å². The van der Waals surface area contributed by atoms with E-state index in [1.807, 2.05) is 144 Å². The van der Waals surface area contributed by atoms with Crippen molar-refractivity contribution >= 4 is 11.4 Å². The molecule has 0 heterocycles. The Hall–Kier alpha value is -3.65. The number of hydrogen-bond donors (Lipinski definition) is 2. The summed E-state index contributed by atoms with van der Waals surface area (Å²) in [4.78, 5) is 0. The third kappa shape index (κ3) is 13.4. The standard InChI is InChI=1S/C16H15N.C11H13N.2C2H6/c17-16(15-11-5-2-6-12-15)13-7-10-14-8-3-1-4-9-14;1-2-3-9-11(12)10-7-5-4-6-8-10;2*1-2/h1-9,11-13,17H,10H2;2-9H,12H2,1H3;2*1-2H3/b13-7-,17-16?;3-2-,11-9-;;. The van der Waals surface area contributed by atoms with Crippen LogP contribution in [0.3, 0.4) is 0 Å². The number of allylic oxidation sites excluding steroid dienone is 5. The number of hydrogen-bond acceptors (Lipinski definition) is 2. The fourth-order valence-electron chi connectivity index (χ4n) is 2.57. The lowest BCUT2D eigenvalue weighted by Gasteiger charge is -1.98. The Bertz CT molecular complexity index is 938. The third-order valence-corrected chi connectivity index (χ3v) is 4.14. The monoisotopic (exact) mass is 440 g/mol. The van der Waals surface area contributed by atoms with Crippen molar-refractivity contribution in [1.29, 1.82) is 5.41 Å². The second-order valence-electron chi connectivity index (χ2n) is 6.39. The van der Waals surface area contributed by atoms with E-state index in [0.717, 1.165) is 23.2 Å². The van der Waals surface area contributed by atoms with Crippen LogP contribution in [0.2, 0.25) is 0 Å². The van der Waals surface area contributed by atoms with Crippen LogP contribution in [-0.2, 0) is 6.42 Å². The van der Waals surface area contributed by atoms with E-state index in [4.69, 9.17) is 11.1 Å². The molecule has 3 aromatic rings. The molecule has 33 heavy (non-hydrogen) atoms. The van der Waals surface area contributed by atoms with Crippen molar-refractivity contribution in [2.24, 2.45) is 5.73 Å². The fourth-order valence-corrected chi connectivity index (χ4v) is 2.57. The molecular weight excluding hydrogens is 400 g/mol. The van der Waals surface area contributed by atoms with E-state index in [0.29, 0.717) is 5.71 Å². The van der Waals surface area contributed by atoms with Gasteiger partial charge in [0.1, 0.15) is 0 Å². The Morgan fingerprint density at radius 1 is 0.727 bits per heavy atom. The van der Waals surface area contributed by atoms with Crippen molar-refractivity contribution in [2.75, 3.05) is 0 Å². The van der Waals surface area contributed by atoms with Gasteiger partial charge in [-0.2, -0.15) is 0 Å². The summed E-state index contributed by atoms with van der Waals surface area (Å²) >= 11 is 0. The number of nitrogens with one attached hydrogen (secondary N) is 1. The Morgan fingerprint density at radius 2 is 1.18 bits per heavy atom. The van der Waals surface area contributed by atoms with Gasteiger partial charge >= 0.3 is 0 Å². The number of benzene rings is 3. The summed E-state index contributed by atoms with van der Waals surface area (Å²) in [7, 11) is 0. The third-order valence-electron chi connectivity index (χ3n) is 4.14. The maximum absolute atomic E-state index is 7.91. The van der Waals surface area contributed by atoms with Gasteiger partial charge in [-0.15, -0.1) is 0 Å². The van der Waals surface area contributed by atoms with E-state index < -0.39 is 0 Å². The second kappa shape index (κ2) is 20.3. The lowest BCUT2D eigenvalue weighted by atomic mass is 10.1. The summed E-state index contributed by atoms with van der Waals surface area (Å²) in [5.41, 5.74) is 10.4. The summed E-state index contributed by atoms with van der Waals surface area (Å²) in [6.07, 6.45) is 10.6. The Labute approximate surface area is 201 Å². The molecular formula is C31H40N2. The molecule has 0 aliphatic rings. The van der Waals surface area contributed by atoms with Crippen LogP contribution >= 0.6 is 0 Å². The molecule has 2 nitrogen and oxygen atoms in total. The molecule has 2 heteroatoms. The molecule has 0 radical (unpaired) electrons. The predicted octanol–water partition coefficient (Wildman–Crippen LogP) is 8.47. The molecule has 0 saturated carbocycles. The summed E-state index contributed by atoms with van der Waals surface area (Å²) in [6, 6.07) is 30.0. The summed E-state index contributed by atoms with van der Waals surface area (Å²) < 4.78 is 0. The van der Waals surface area contributed by atoms with E-state index in [1.165, 1.54) is 5.56 Å². The normalized spacial score (nSPS) is 10.3. The van der Waals surface area contributed by atoms with Gasteiger partial charge in [-0.1, -0.05) is 137 Å². The van der Waals surface area contributed by atoms with E-state index in [-0.39, 0.29) is 0 Å². The molecule has 0 aliphatic carbocycles. The highest BCUT2D eigenvalue weighted by atomic mass is 14.6. The zero-order valence-corrected chi connectivity index (χ0v) is 20.8. The highest BCUT2D eigenvalue weighted by Crippen LogP contribution is 2.07. The van der Waals surface area contributed by atoms with Gasteiger partial charge in [0.15, 0.2) is 0 Å². The van der Waals surface area contributed by atoms with Crippen LogP contribution in [0.1, 0.15) is 51.3 Å². The summed E-state index contributed by atoms with van der Waals surface area (Å²) in [6.45, 7) is 9.97. The molecule has 0 fully saturated rings. The van der Waals surface area contributed by atoms with E-state index in [2.05, 4.69) is 12.1 Å². The van der Waals surface area contributed by atoms with Gasteiger partial charge in [0.25, 0.3) is 0 Å². The Morgan fingerprint density at radius 3 is 1.67 bits per heavy atom. The molecule has 0 saturated heterocycles. The van der Waals surface area contributed by atoms with Crippen LogP contribution in [0, 0.1) is 5.41 Å². The average molecular weight is 441 g/mol. The topological polar surface area (TPSA) is 49.9 Å². The first-order valence-corrected chi connectivity index (χ1v) is 11.7. The molecule has 0 bridgehead atoms. The van der Waals surface area contributed by atoms with Crippen molar-refractivity contribution in [3.05, 3.63) is 138 Å². The SMILES string of the molecule is C/C=C\C=C(/N)c1ccccc1.CC.CC.N=C(/C=C\Cc1ccccc1)c1ccccc1. The van der Waals surface area contributed by atoms with Crippen LogP contribution in [-0.4, -0.2) is 5.71 Å². The first-order chi connectivity index (χ1) is 16.2. The highest BCUT2D eigenvalue weighted by molar-refractivity contribution is 6.06. The van der Waals surface area contributed by atoms with Crippen molar-refractivity contribution < 1.29 is 0 Å². The van der Waals surface area contributed by atoms with Gasteiger partial charge in [-0.25, -0.2) is 0 Å². The van der Waals surface area contributed by atoms with Gasteiger partial charge in [0.05, 0.1) is 5.71 Å². The first kappa shape index (κ1) is 29.4. The molecule has 3 N–H and O–H groups in total. The molecule has 3 rings (SSSR count). The second-order valence-corrected chi connectivity index (χ2v) is 6.39. The van der Waals surface area contributed by atoms with Crippen LogP contribution in [0.5, 0.6) is 0 Å². The lowest BCUT2D eigenvalue weighted by Crippen LogP contribution is -1.94. The smallest absolute Gasteiger partial charge is 0.0609 e. The molecule has 174 valence electrons. The van der Waals surface area contributed by atoms with Crippen molar-refractivity contribution in [2.45, 2.75) is 41.0 Å². The number of nitrogens with two attached hydrogens (primary N) is 1. The molecule has 0 spiro atoms. The van der Waals surface area contributed by atoms with Crippen molar-refractivity contribution in [1.82, 2.24) is 0 Å². The predicted molar refractivity (Wildman–Crippen MR) is 149 cm³/mol. The first-order valence-electron chi connectivity index (χ1n) is 11.7. The lowest BCUT2D eigenvalue weighted by molar-refractivity contribution is 1.27. The van der Waals surface area contributed by atoms with Crippen LogP contribution in [0.4, 0.5) is 0 Å². The van der Waals surface area contributed by atoms with Crippen molar-refractivity contribution in [3.63, 3.8) is 0 Å². The minimum Gasteiger partial charge on any atom is -0.398 e. The molecule has 0 amide bonds. The van der Waals surface area contributed by atoms with E-state index in [1.54, 1.807) is 0 Å². The maximum atomic E-state index is 7.91. The summed E-state index contributed by atoms with van der Waals surface area (Å²) in [5.74, 6) is 0. The maximum Gasteiger partial charge on any atom is 0.0609 e. The summed E-state index contributed by atoms with van der Waals surface area (Å²) in [5, 5.41) is 7.91. The largest absolute Gasteiger partial charge is 0.398 e. The Kier molecular flexibility index (Phi) is 18.0. The average Bonchev–Trinajstić information content (AvgIpc) is 2.91. The van der Waals surface area contributed by atoms with Crippen LogP contribution in [0.15, 0.2) is 121 Å². The van der Waals surface area contributed by atoms with Crippen LogP contribution in [0.25, 0.3) is 5.70 Å². The van der Waals surface area contributed by atoms with Gasteiger partial charge in [0, 0.05) is 5.70 Å². The molecule has 0 unspecified atom stereocenters. The highest BCUT2D eigenvalue weighted by Gasteiger charge is 1.94. The molecule has 0 aromatic heterocycles. The van der Waals surface area contributed by atoms with E-state index in [9.17, 15) is 0 Å². The van der Waals surface area contributed by atoms with E-state index >= 15 is 0 Å². The number of rotatable bonds is 6. The fraction of sp³-hybridized carbons (Fsp3) is 0.194. The molecule has 0 atom stereocenters. The minimum atomic E-state index is 0.557. The molecule has 0 aliphatic heterocycles. The Balaban J connectivity index is 0.000000564. The quantitative estimate of drug-likeness (QED) is 0.293. The molecule has 3 aromatic carbocycles. The zero-order chi connectivity index (χ0) is 24.7.